The fourth-order valence-corrected chi connectivity index (χ4v) is 3.18. The molecule has 2 nitrogen and oxygen atoms in total. The lowest BCUT2D eigenvalue weighted by molar-refractivity contribution is 0.354. The van der Waals surface area contributed by atoms with Crippen LogP contribution >= 0.6 is 11.6 Å². The predicted octanol–water partition coefficient (Wildman–Crippen LogP) is 4.34. The maximum absolute atomic E-state index is 6.62. The van der Waals surface area contributed by atoms with Crippen molar-refractivity contribution in [2.45, 2.75) is 32.6 Å². The van der Waals surface area contributed by atoms with Crippen LogP contribution < -0.4 is 9.47 Å². The van der Waals surface area contributed by atoms with Crippen LogP contribution in [-0.2, 0) is 0 Å². The molecule has 0 spiro atoms. The number of aryl methyl sites for hydroxylation is 1. The first-order valence-electron chi connectivity index (χ1n) is 6.27. The van der Waals surface area contributed by atoms with Gasteiger partial charge in [-0.3, -0.25) is 0 Å². The smallest absolute Gasteiger partial charge is 0.161 e. The Balaban J connectivity index is 2.33. The molecule has 2 atom stereocenters. The van der Waals surface area contributed by atoms with Crippen LogP contribution in [-0.4, -0.2) is 14.2 Å². The van der Waals surface area contributed by atoms with Gasteiger partial charge in [0.05, 0.1) is 19.6 Å². The van der Waals surface area contributed by atoms with Gasteiger partial charge in [0.2, 0.25) is 0 Å². The van der Waals surface area contributed by atoms with E-state index < -0.39 is 0 Å². The Morgan fingerprint density at radius 3 is 2.17 bits per heavy atom. The highest BCUT2D eigenvalue weighted by Gasteiger charge is 2.50. The van der Waals surface area contributed by atoms with Crippen LogP contribution in [0.5, 0.6) is 11.5 Å². The van der Waals surface area contributed by atoms with Crippen LogP contribution in [0, 0.1) is 18.3 Å². The van der Waals surface area contributed by atoms with Crippen molar-refractivity contribution in [1.82, 2.24) is 0 Å². The second-order valence-corrected chi connectivity index (χ2v) is 6.23. The molecule has 100 valence electrons. The van der Waals surface area contributed by atoms with Gasteiger partial charge in [0.1, 0.15) is 0 Å². The molecule has 1 saturated carbocycles. The van der Waals surface area contributed by atoms with Crippen LogP contribution in [0.1, 0.15) is 36.8 Å². The monoisotopic (exact) mass is 268 g/mol. The summed E-state index contributed by atoms with van der Waals surface area (Å²) < 4.78 is 10.7. The van der Waals surface area contributed by atoms with E-state index >= 15 is 0 Å². The van der Waals surface area contributed by atoms with E-state index in [1.54, 1.807) is 14.2 Å². The molecule has 3 heteroatoms. The normalized spacial score (nSPS) is 22.4. The van der Waals surface area contributed by atoms with E-state index in [2.05, 4.69) is 20.8 Å². The van der Waals surface area contributed by atoms with Crippen LogP contribution in [0.25, 0.3) is 0 Å². The molecule has 1 aliphatic rings. The third-order valence-electron chi connectivity index (χ3n) is 4.01. The largest absolute Gasteiger partial charge is 0.493 e. The first-order chi connectivity index (χ1) is 8.40. The molecular formula is C15H21ClO2. The molecule has 0 amide bonds. The zero-order valence-electron chi connectivity index (χ0n) is 11.7. The quantitative estimate of drug-likeness (QED) is 0.757. The number of hydrogen-bond donors (Lipinski definition) is 0. The number of ether oxygens (including phenoxy) is 2. The van der Waals surface area contributed by atoms with Gasteiger partial charge in [-0.15, -0.1) is 11.6 Å². The fourth-order valence-electron chi connectivity index (χ4n) is 2.52. The Morgan fingerprint density at radius 2 is 1.72 bits per heavy atom. The van der Waals surface area contributed by atoms with Gasteiger partial charge in [0.15, 0.2) is 11.5 Å². The summed E-state index contributed by atoms with van der Waals surface area (Å²) in [6, 6.07) is 4.01. The van der Waals surface area contributed by atoms with Gasteiger partial charge in [-0.25, -0.2) is 0 Å². The van der Waals surface area contributed by atoms with E-state index in [4.69, 9.17) is 21.1 Å². The predicted molar refractivity (Wildman–Crippen MR) is 74.8 cm³/mol. The van der Waals surface area contributed by atoms with Crippen molar-refractivity contribution in [3.05, 3.63) is 23.3 Å². The summed E-state index contributed by atoms with van der Waals surface area (Å²) in [5.74, 6) is 2.07. The van der Waals surface area contributed by atoms with Crippen LogP contribution in [0.15, 0.2) is 12.1 Å². The molecule has 1 aromatic rings. The average molecular weight is 269 g/mol. The second kappa shape index (κ2) is 4.65. The van der Waals surface area contributed by atoms with E-state index in [1.165, 1.54) is 6.42 Å². The molecule has 1 aliphatic carbocycles. The molecule has 0 radical (unpaired) electrons. The summed E-state index contributed by atoms with van der Waals surface area (Å²) in [6.07, 6.45) is 1.19. The number of benzene rings is 1. The Labute approximate surface area is 114 Å². The molecule has 2 rings (SSSR count). The molecule has 0 aliphatic heterocycles. The standard InChI is InChI=1S/C15H21ClO2/c1-9-6-12(17-4)13(18-5)7-10(9)14(16)11-8-15(11,2)3/h6-7,11,14H,8H2,1-5H3. The van der Waals surface area contributed by atoms with Gasteiger partial charge in [0, 0.05) is 0 Å². The van der Waals surface area contributed by atoms with Crippen molar-refractivity contribution in [2.24, 2.45) is 11.3 Å². The minimum Gasteiger partial charge on any atom is -0.493 e. The highest BCUT2D eigenvalue weighted by atomic mass is 35.5. The van der Waals surface area contributed by atoms with E-state index in [9.17, 15) is 0 Å². The van der Waals surface area contributed by atoms with Gasteiger partial charge in [-0.2, -0.15) is 0 Å². The molecule has 0 N–H and O–H groups in total. The Kier molecular flexibility index (Phi) is 3.50. The number of rotatable bonds is 4. The second-order valence-electron chi connectivity index (χ2n) is 5.76. The highest BCUT2D eigenvalue weighted by molar-refractivity contribution is 6.21. The SMILES string of the molecule is COc1cc(C)c(C(Cl)C2CC2(C)C)cc1OC. The van der Waals surface area contributed by atoms with Crippen molar-refractivity contribution in [3.8, 4) is 11.5 Å². The topological polar surface area (TPSA) is 18.5 Å². The summed E-state index contributed by atoms with van der Waals surface area (Å²) in [5.41, 5.74) is 2.69. The molecule has 1 fully saturated rings. The number of hydrogen-bond acceptors (Lipinski definition) is 2. The van der Waals surface area contributed by atoms with E-state index in [0.717, 1.165) is 22.6 Å². The lowest BCUT2D eigenvalue weighted by atomic mass is 9.98. The van der Waals surface area contributed by atoms with E-state index in [-0.39, 0.29) is 5.38 Å². The fraction of sp³-hybridized carbons (Fsp3) is 0.600. The molecule has 18 heavy (non-hydrogen) atoms. The Bertz CT molecular complexity index is 454. The summed E-state index contributed by atoms with van der Waals surface area (Å²) >= 11 is 6.62. The van der Waals surface area contributed by atoms with Gasteiger partial charge in [-0.05, 0) is 47.9 Å². The summed E-state index contributed by atoms with van der Waals surface area (Å²) in [6.45, 7) is 6.61. The van der Waals surface area contributed by atoms with Crippen molar-refractivity contribution in [1.29, 1.82) is 0 Å². The zero-order chi connectivity index (χ0) is 13.5. The lowest BCUT2D eigenvalue weighted by Crippen LogP contribution is -2.03. The number of alkyl halides is 1. The van der Waals surface area contributed by atoms with Crippen molar-refractivity contribution in [2.75, 3.05) is 14.2 Å². The van der Waals surface area contributed by atoms with Crippen LogP contribution in [0.4, 0.5) is 0 Å². The minimum absolute atomic E-state index is 0.0554. The average Bonchev–Trinajstić information content (AvgIpc) is 2.97. The molecule has 0 bridgehead atoms. The van der Waals surface area contributed by atoms with Gasteiger partial charge >= 0.3 is 0 Å². The molecule has 1 aromatic carbocycles. The lowest BCUT2D eigenvalue weighted by Gasteiger charge is -2.17. The Morgan fingerprint density at radius 1 is 1.22 bits per heavy atom. The molecule has 0 saturated heterocycles. The van der Waals surface area contributed by atoms with Crippen molar-refractivity contribution >= 4 is 11.6 Å². The maximum Gasteiger partial charge on any atom is 0.161 e. The first-order valence-corrected chi connectivity index (χ1v) is 6.71. The third kappa shape index (κ3) is 2.31. The number of halogens is 1. The van der Waals surface area contributed by atoms with Crippen LogP contribution in [0.3, 0.4) is 0 Å². The van der Waals surface area contributed by atoms with Crippen LogP contribution in [0.2, 0.25) is 0 Å². The van der Waals surface area contributed by atoms with Crippen molar-refractivity contribution in [3.63, 3.8) is 0 Å². The highest BCUT2D eigenvalue weighted by Crippen LogP contribution is 2.60. The van der Waals surface area contributed by atoms with Gasteiger partial charge < -0.3 is 9.47 Å². The number of methoxy groups -OCH3 is 2. The summed E-state index contributed by atoms with van der Waals surface area (Å²) in [4.78, 5) is 0. The molecule has 2 unspecified atom stereocenters. The van der Waals surface area contributed by atoms with Crippen molar-refractivity contribution < 1.29 is 9.47 Å². The van der Waals surface area contributed by atoms with E-state index in [1.807, 2.05) is 12.1 Å². The zero-order valence-corrected chi connectivity index (χ0v) is 12.5. The maximum atomic E-state index is 6.62. The summed E-state index contributed by atoms with van der Waals surface area (Å²) in [5, 5.41) is 0.0554. The summed E-state index contributed by atoms with van der Waals surface area (Å²) in [7, 11) is 3.31. The first kappa shape index (κ1) is 13.5. The Hall–Kier alpha value is -0.890. The third-order valence-corrected chi connectivity index (χ3v) is 4.55. The molecular weight excluding hydrogens is 248 g/mol. The molecule has 0 aromatic heterocycles. The minimum atomic E-state index is 0.0554. The molecule has 0 heterocycles. The van der Waals surface area contributed by atoms with Gasteiger partial charge in [0.25, 0.3) is 0 Å². The van der Waals surface area contributed by atoms with E-state index in [0.29, 0.717) is 11.3 Å². The van der Waals surface area contributed by atoms with Gasteiger partial charge in [-0.1, -0.05) is 13.8 Å².